The first-order valence-electron chi connectivity index (χ1n) is 6.30. The molecule has 21 heavy (non-hydrogen) atoms. The van der Waals surface area contributed by atoms with Crippen LogP contribution in [0.1, 0.15) is 22.1 Å². The van der Waals surface area contributed by atoms with E-state index in [4.69, 9.17) is 44.3 Å². The minimum atomic E-state index is -0.467. The van der Waals surface area contributed by atoms with Crippen LogP contribution in [0.3, 0.4) is 0 Å². The summed E-state index contributed by atoms with van der Waals surface area (Å²) in [6.45, 7) is 1.96. The summed E-state index contributed by atoms with van der Waals surface area (Å²) in [6, 6.07) is 9.07. The summed E-state index contributed by atoms with van der Waals surface area (Å²) in [5, 5.41) is 0.611. The van der Waals surface area contributed by atoms with Crippen molar-refractivity contribution >= 4 is 34.8 Å². The lowest BCUT2D eigenvalue weighted by molar-refractivity contribution is 0.354. The molecule has 0 aliphatic heterocycles. The Labute approximate surface area is 139 Å². The first-order valence-corrected chi connectivity index (χ1v) is 7.49. The predicted molar refractivity (Wildman–Crippen MR) is 88.4 cm³/mol. The molecule has 0 aromatic heterocycles. The van der Waals surface area contributed by atoms with Gasteiger partial charge < -0.3 is 9.47 Å². The number of hydrogen-bond acceptors (Lipinski definition) is 2. The Morgan fingerprint density at radius 2 is 1.48 bits per heavy atom. The topological polar surface area (TPSA) is 18.5 Å². The molecule has 0 fully saturated rings. The average molecular weight is 346 g/mol. The maximum absolute atomic E-state index is 6.61. The van der Waals surface area contributed by atoms with Crippen molar-refractivity contribution in [3.8, 4) is 11.5 Å². The molecule has 0 amide bonds. The van der Waals surface area contributed by atoms with E-state index in [1.807, 2.05) is 19.1 Å². The van der Waals surface area contributed by atoms with E-state index in [-0.39, 0.29) is 0 Å². The second kappa shape index (κ2) is 6.78. The zero-order valence-electron chi connectivity index (χ0n) is 11.9. The Kier molecular flexibility index (Phi) is 5.26. The van der Waals surface area contributed by atoms with Crippen molar-refractivity contribution in [2.45, 2.75) is 12.3 Å². The van der Waals surface area contributed by atoms with Gasteiger partial charge in [0, 0.05) is 15.6 Å². The van der Waals surface area contributed by atoms with Gasteiger partial charge in [-0.25, -0.2) is 0 Å². The van der Waals surface area contributed by atoms with Crippen molar-refractivity contribution in [2.24, 2.45) is 0 Å². The normalized spacial score (nSPS) is 12.1. The third-order valence-electron chi connectivity index (χ3n) is 3.30. The van der Waals surface area contributed by atoms with E-state index >= 15 is 0 Å². The molecule has 0 spiro atoms. The van der Waals surface area contributed by atoms with Crippen molar-refractivity contribution in [1.82, 2.24) is 0 Å². The van der Waals surface area contributed by atoms with Crippen LogP contribution in [0.25, 0.3) is 0 Å². The fraction of sp³-hybridized carbons (Fsp3) is 0.250. The van der Waals surface area contributed by atoms with E-state index in [2.05, 4.69) is 0 Å². The average Bonchev–Trinajstić information content (AvgIpc) is 2.46. The summed E-state index contributed by atoms with van der Waals surface area (Å²) in [7, 11) is 3.18. The van der Waals surface area contributed by atoms with Crippen molar-refractivity contribution in [1.29, 1.82) is 0 Å². The number of rotatable bonds is 4. The van der Waals surface area contributed by atoms with Crippen LogP contribution >= 0.6 is 34.8 Å². The molecule has 0 aliphatic carbocycles. The molecule has 2 aromatic rings. The quantitative estimate of drug-likeness (QED) is 0.667. The lowest BCUT2D eigenvalue weighted by Crippen LogP contribution is -2.01. The van der Waals surface area contributed by atoms with Gasteiger partial charge >= 0.3 is 0 Å². The van der Waals surface area contributed by atoms with Crippen LogP contribution in [0, 0.1) is 6.92 Å². The lowest BCUT2D eigenvalue weighted by Gasteiger charge is -2.18. The number of hydrogen-bond donors (Lipinski definition) is 0. The highest BCUT2D eigenvalue weighted by Crippen LogP contribution is 2.42. The van der Waals surface area contributed by atoms with Gasteiger partial charge in [0.15, 0.2) is 11.5 Å². The number of benzene rings is 2. The smallest absolute Gasteiger partial charge is 0.161 e. The zero-order chi connectivity index (χ0) is 15.6. The third kappa shape index (κ3) is 3.23. The van der Waals surface area contributed by atoms with Crippen LogP contribution in [-0.4, -0.2) is 14.2 Å². The minimum Gasteiger partial charge on any atom is -0.493 e. The summed E-state index contributed by atoms with van der Waals surface area (Å²) < 4.78 is 10.6. The zero-order valence-corrected chi connectivity index (χ0v) is 14.2. The maximum atomic E-state index is 6.61. The molecule has 0 aliphatic rings. The van der Waals surface area contributed by atoms with Crippen LogP contribution in [-0.2, 0) is 0 Å². The molecule has 2 rings (SSSR count). The highest BCUT2D eigenvalue weighted by Gasteiger charge is 2.21. The molecule has 0 heterocycles. The molecule has 0 bridgehead atoms. The van der Waals surface area contributed by atoms with Crippen molar-refractivity contribution in [3.05, 3.63) is 57.1 Å². The number of ether oxygens (including phenoxy) is 2. The summed E-state index contributed by atoms with van der Waals surface area (Å²) in [6.07, 6.45) is 0. The minimum absolute atomic E-state index is 0.467. The van der Waals surface area contributed by atoms with E-state index in [0.717, 1.165) is 11.1 Å². The Morgan fingerprint density at radius 1 is 0.952 bits per heavy atom. The second-order valence-corrected chi connectivity index (χ2v) is 5.81. The number of halogens is 3. The third-order valence-corrected chi connectivity index (χ3v) is 4.41. The van der Waals surface area contributed by atoms with Gasteiger partial charge in [-0.1, -0.05) is 29.3 Å². The van der Waals surface area contributed by atoms with Gasteiger partial charge in [0.1, 0.15) is 0 Å². The second-order valence-electron chi connectivity index (χ2n) is 4.56. The van der Waals surface area contributed by atoms with E-state index < -0.39 is 5.38 Å². The molecule has 2 nitrogen and oxygen atoms in total. The summed E-state index contributed by atoms with van der Waals surface area (Å²) in [5.41, 5.74) is 2.55. The Balaban J connectivity index is 2.56. The van der Waals surface area contributed by atoms with Gasteiger partial charge in [-0.15, -0.1) is 11.6 Å². The van der Waals surface area contributed by atoms with Gasteiger partial charge in [-0.05, 0) is 42.3 Å². The highest BCUT2D eigenvalue weighted by atomic mass is 35.5. The fourth-order valence-corrected chi connectivity index (χ4v) is 3.38. The Bertz CT molecular complexity index is 636. The Morgan fingerprint density at radius 3 is 2.00 bits per heavy atom. The fourth-order valence-electron chi connectivity index (χ4n) is 2.18. The van der Waals surface area contributed by atoms with Crippen molar-refractivity contribution in [2.75, 3.05) is 14.2 Å². The SMILES string of the molecule is COc1cc(C)c(C(Cl)c2c(Cl)cccc2Cl)cc1OC. The van der Waals surface area contributed by atoms with Crippen LogP contribution in [0.15, 0.2) is 30.3 Å². The van der Waals surface area contributed by atoms with E-state index in [9.17, 15) is 0 Å². The highest BCUT2D eigenvalue weighted by molar-refractivity contribution is 6.38. The number of aryl methyl sites for hydroxylation is 1. The van der Waals surface area contributed by atoms with Gasteiger partial charge in [0.05, 0.1) is 19.6 Å². The first kappa shape index (κ1) is 16.3. The molecular weight excluding hydrogens is 331 g/mol. The van der Waals surface area contributed by atoms with Gasteiger partial charge in [0.25, 0.3) is 0 Å². The van der Waals surface area contributed by atoms with Crippen LogP contribution < -0.4 is 9.47 Å². The first-order chi connectivity index (χ1) is 9.99. The molecule has 1 unspecified atom stereocenters. The molecule has 0 N–H and O–H groups in total. The van der Waals surface area contributed by atoms with E-state index in [1.165, 1.54) is 0 Å². The molecule has 0 saturated carbocycles. The Hall–Kier alpha value is -1.09. The summed E-state index contributed by atoms with van der Waals surface area (Å²) >= 11 is 19.1. The predicted octanol–water partition coefficient (Wildman–Crippen LogP) is 5.65. The van der Waals surface area contributed by atoms with Gasteiger partial charge in [-0.3, -0.25) is 0 Å². The van der Waals surface area contributed by atoms with Crippen LogP contribution in [0.5, 0.6) is 11.5 Å². The molecule has 0 saturated heterocycles. The standard InChI is InChI=1S/C16H15Cl3O2/c1-9-7-13(20-2)14(21-3)8-10(9)16(19)15-11(17)5-4-6-12(15)18/h4-8,16H,1-3H3. The molecule has 2 aromatic carbocycles. The lowest BCUT2D eigenvalue weighted by atomic mass is 9.99. The monoisotopic (exact) mass is 344 g/mol. The molecule has 5 heteroatoms. The largest absolute Gasteiger partial charge is 0.493 e. The summed E-state index contributed by atoms with van der Waals surface area (Å²) in [5.74, 6) is 1.28. The molecule has 1 atom stereocenters. The van der Waals surface area contributed by atoms with E-state index in [0.29, 0.717) is 27.1 Å². The molecule has 112 valence electrons. The maximum Gasteiger partial charge on any atom is 0.161 e. The van der Waals surface area contributed by atoms with E-state index in [1.54, 1.807) is 32.4 Å². The molecular formula is C16H15Cl3O2. The number of alkyl halides is 1. The van der Waals surface area contributed by atoms with Crippen molar-refractivity contribution in [3.63, 3.8) is 0 Å². The number of methoxy groups -OCH3 is 2. The van der Waals surface area contributed by atoms with Gasteiger partial charge in [-0.2, -0.15) is 0 Å². The summed E-state index contributed by atoms with van der Waals surface area (Å²) in [4.78, 5) is 0. The molecule has 0 radical (unpaired) electrons. The van der Waals surface area contributed by atoms with Gasteiger partial charge in [0.2, 0.25) is 0 Å². The van der Waals surface area contributed by atoms with Crippen LogP contribution in [0.2, 0.25) is 10.0 Å². The van der Waals surface area contributed by atoms with Crippen molar-refractivity contribution < 1.29 is 9.47 Å². The van der Waals surface area contributed by atoms with Crippen LogP contribution in [0.4, 0.5) is 0 Å².